The summed E-state index contributed by atoms with van der Waals surface area (Å²) in [5, 5.41) is 5.11. The zero-order chi connectivity index (χ0) is 12.3. The van der Waals surface area contributed by atoms with Crippen molar-refractivity contribution in [3.05, 3.63) is 46.6 Å². The maximum absolute atomic E-state index is 6.09. The Morgan fingerprint density at radius 2 is 2.06 bits per heavy atom. The first-order chi connectivity index (χ1) is 8.20. The Morgan fingerprint density at radius 1 is 1.29 bits per heavy atom. The van der Waals surface area contributed by atoms with Crippen LogP contribution in [-0.4, -0.2) is 16.3 Å². The molecule has 0 aliphatic rings. The zero-order valence-electron chi connectivity index (χ0n) is 9.44. The Labute approximate surface area is 105 Å². The fourth-order valence-electron chi connectivity index (χ4n) is 1.67. The van der Waals surface area contributed by atoms with Crippen LogP contribution in [0.5, 0.6) is 0 Å². The van der Waals surface area contributed by atoms with Gasteiger partial charge in [0.1, 0.15) is 5.82 Å². The first kappa shape index (κ1) is 12.0. The highest BCUT2D eigenvalue weighted by atomic mass is 35.5. The standard InChI is InChI=1S/C12H15ClN4/c13-11-4-2-1-3-9(11)8-17-12(15)7-10(16-17)5-6-14/h1-4,7H,5-6,8,14-15H2. The topological polar surface area (TPSA) is 69.9 Å². The van der Waals surface area contributed by atoms with Crippen molar-refractivity contribution in [1.82, 2.24) is 9.78 Å². The first-order valence-corrected chi connectivity index (χ1v) is 5.84. The molecule has 1 aromatic heterocycles. The van der Waals surface area contributed by atoms with E-state index in [0.717, 1.165) is 22.7 Å². The summed E-state index contributed by atoms with van der Waals surface area (Å²) in [5.41, 5.74) is 13.3. The van der Waals surface area contributed by atoms with Crippen molar-refractivity contribution in [2.24, 2.45) is 5.73 Å². The number of aromatic nitrogens is 2. The number of anilines is 1. The normalized spacial score (nSPS) is 10.7. The van der Waals surface area contributed by atoms with Crippen molar-refractivity contribution in [2.75, 3.05) is 12.3 Å². The smallest absolute Gasteiger partial charge is 0.122 e. The summed E-state index contributed by atoms with van der Waals surface area (Å²) in [7, 11) is 0. The highest BCUT2D eigenvalue weighted by Crippen LogP contribution is 2.17. The zero-order valence-corrected chi connectivity index (χ0v) is 10.2. The molecule has 17 heavy (non-hydrogen) atoms. The molecule has 0 bridgehead atoms. The Hall–Kier alpha value is -1.52. The minimum atomic E-state index is 0.572. The maximum Gasteiger partial charge on any atom is 0.122 e. The average Bonchev–Trinajstić information content (AvgIpc) is 2.63. The lowest BCUT2D eigenvalue weighted by Gasteiger charge is -2.05. The summed E-state index contributed by atoms with van der Waals surface area (Å²) in [6.45, 7) is 1.15. The largest absolute Gasteiger partial charge is 0.384 e. The van der Waals surface area contributed by atoms with E-state index in [1.807, 2.05) is 30.3 Å². The maximum atomic E-state index is 6.09. The molecule has 5 heteroatoms. The highest BCUT2D eigenvalue weighted by Gasteiger charge is 2.06. The molecule has 1 heterocycles. The van der Waals surface area contributed by atoms with Gasteiger partial charge in [0.15, 0.2) is 0 Å². The molecule has 0 aliphatic heterocycles. The molecular formula is C12H15ClN4. The van der Waals surface area contributed by atoms with Crippen molar-refractivity contribution in [2.45, 2.75) is 13.0 Å². The highest BCUT2D eigenvalue weighted by molar-refractivity contribution is 6.31. The van der Waals surface area contributed by atoms with Crippen LogP contribution < -0.4 is 11.5 Å². The molecule has 0 atom stereocenters. The van der Waals surface area contributed by atoms with Crippen LogP contribution in [0.4, 0.5) is 5.82 Å². The van der Waals surface area contributed by atoms with Gasteiger partial charge in [0.2, 0.25) is 0 Å². The summed E-state index contributed by atoms with van der Waals surface area (Å²) < 4.78 is 1.74. The predicted octanol–water partition coefficient (Wildman–Crippen LogP) is 1.67. The molecule has 0 fully saturated rings. The van der Waals surface area contributed by atoms with Crippen LogP contribution in [0.1, 0.15) is 11.3 Å². The van der Waals surface area contributed by atoms with Crippen LogP contribution in [0.25, 0.3) is 0 Å². The predicted molar refractivity (Wildman–Crippen MR) is 70.0 cm³/mol. The molecule has 2 aromatic rings. The van der Waals surface area contributed by atoms with E-state index in [-0.39, 0.29) is 0 Å². The third-order valence-corrected chi connectivity index (χ3v) is 2.91. The third kappa shape index (κ3) is 2.78. The van der Waals surface area contributed by atoms with Crippen LogP contribution in [0.3, 0.4) is 0 Å². The molecule has 0 saturated carbocycles. The lowest BCUT2D eigenvalue weighted by Crippen LogP contribution is -2.07. The van der Waals surface area contributed by atoms with Gasteiger partial charge in [-0.2, -0.15) is 5.10 Å². The molecule has 0 unspecified atom stereocenters. The Bertz CT molecular complexity index is 507. The van der Waals surface area contributed by atoms with Crippen LogP contribution in [0.15, 0.2) is 30.3 Å². The molecule has 0 spiro atoms. The van der Waals surface area contributed by atoms with Gasteiger partial charge in [-0.3, -0.25) is 0 Å². The Morgan fingerprint density at radius 3 is 2.76 bits per heavy atom. The third-order valence-electron chi connectivity index (χ3n) is 2.54. The quantitative estimate of drug-likeness (QED) is 0.867. The number of nitrogens with two attached hydrogens (primary N) is 2. The summed E-state index contributed by atoms with van der Waals surface area (Å²) in [4.78, 5) is 0. The lowest BCUT2D eigenvalue weighted by atomic mass is 10.2. The van der Waals surface area contributed by atoms with Gasteiger partial charge < -0.3 is 11.5 Å². The van der Waals surface area contributed by atoms with Gasteiger partial charge in [-0.05, 0) is 18.2 Å². The van der Waals surface area contributed by atoms with Gasteiger partial charge in [-0.15, -0.1) is 0 Å². The summed E-state index contributed by atoms with van der Waals surface area (Å²) in [6, 6.07) is 9.52. The van der Waals surface area contributed by atoms with Gasteiger partial charge in [-0.25, -0.2) is 4.68 Å². The molecule has 0 radical (unpaired) electrons. The average molecular weight is 251 g/mol. The van der Waals surface area contributed by atoms with E-state index in [0.29, 0.717) is 18.9 Å². The second-order valence-corrected chi connectivity index (χ2v) is 4.26. The van der Waals surface area contributed by atoms with Crippen molar-refractivity contribution in [3.8, 4) is 0 Å². The number of nitrogen functional groups attached to an aromatic ring is 1. The minimum absolute atomic E-state index is 0.572. The van der Waals surface area contributed by atoms with Gasteiger partial charge in [0, 0.05) is 17.5 Å². The van der Waals surface area contributed by atoms with Crippen molar-refractivity contribution >= 4 is 17.4 Å². The lowest BCUT2D eigenvalue weighted by molar-refractivity contribution is 0.679. The second kappa shape index (κ2) is 5.21. The van der Waals surface area contributed by atoms with E-state index >= 15 is 0 Å². The van der Waals surface area contributed by atoms with Crippen molar-refractivity contribution < 1.29 is 0 Å². The van der Waals surface area contributed by atoms with E-state index < -0.39 is 0 Å². The summed E-state index contributed by atoms with van der Waals surface area (Å²) in [6.07, 6.45) is 0.736. The SMILES string of the molecule is NCCc1cc(N)n(Cc2ccccc2Cl)n1. The molecule has 4 N–H and O–H groups in total. The van der Waals surface area contributed by atoms with E-state index in [1.165, 1.54) is 0 Å². The summed E-state index contributed by atoms with van der Waals surface area (Å²) in [5.74, 6) is 0.633. The number of rotatable bonds is 4. The monoisotopic (exact) mass is 250 g/mol. The van der Waals surface area contributed by atoms with E-state index in [2.05, 4.69) is 5.10 Å². The van der Waals surface area contributed by atoms with Crippen LogP contribution >= 0.6 is 11.6 Å². The fraction of sp³-hybridized carbons (Fsp3) is 0.250. The van der Waals surface area contributed by atoms with E-state index in [1.54, 1.807) is 4.68 Å². The van der Waals surface area contributed by atoms with Gasteiger partial charge in [0.05, 0.1) is 12.2 Å². The van der Waals surface area contributed by atoms with E-state index in [4.69, 9.17) is 23.1 Å². The molecule has 1 aromatic carbocycles. The Balaban J connectivity index is 2.21. The number of hydrogen-bond acceptors (Lipinski definition) is 3. The number of nitrogens with zero attached hydrogens (tertiary/aromatic N) is 2. The van der Waals surface area contributed by atoms with Crippen LogP contribution in [0, 0.1) is 0 Å². The molecule has 4 nitrogen and oxygen atoms in total. The Kier molecular flexibility index (Phi) is 3.66. The summed E-state index contributed by atoms with van der Waals surface area (Å²) >= 11 is 6.09. The molecule has 0 aliphatic carbocycles. The van der Waals surface area contributed by atoms with E-state index in [9.17, 15) is 0 Å². The van der Waals surface area contributed by atoms with Gasteiger partial charge in [-0.1, -0.05) is 29.8 Å². The molecule has 90 valence electrons. The molecule has 0 amide bonds. The molecular weight excluding hydrogens is 236 g/mol. The van der Waals surface area contributed by atoms with Gasteiger partial charge in [0.25, 0.3) is 0 Å². The number of benzene rings is 1. The van der Waals surface area contributed by atoms with Crippen molar-refractivity contribution in [3.63, 3.8) is 0 Å². The first-order valence-electron chi connectivity index (χ1n) is 5.46. The van der Waals surface area contributed by atoms with Gasteiger partial charge >= 0.3 is 0 Å². The number of halogens is 1. The molecule has 2 rings (SSSR count). The van der Waals surface area contributed by atoms with Crippen LogP contribution in [-0.2, 0) is 13.0 Å². The fourth-order valence-corrected chi connectivity index (χ4v) is 1.87. The second-order valence-electron chi connectivity index (χ2n) is 3.85. The van der Waals surface area contributed by atoms with Crippen LogP contribution in [0.2, 0.25) is 5.02 Å². The number of hydrogen-bond donors (Lipinski definition) is 2. The molecule has 0 saturated heterocycles. The minimum Gasteiger partial charge on any atom is -0.384 e. The van der Waals surface area contributed by atoms with Crippen molar-refractivity contribution in [1.29, 1.82) is 0 Å².